The van der Waals surface area contributed by atoms with Crippen LogP contribution in [-0.4, -0.2) is 16.4 Å². The number of phenols is 1. The molecule has 0 spiro atoms. The van der Waals surface area contributed by atoms with Gasteiger partial charge in [0.25, 0.3) is 0 Å². The second-order valence-electron chi connectivity index (χ2n) is 4.00. The Bertz CT molecular complexity index is 546. The average molecular weight is 225 g/mol. The van der Waals surface area contributed by atoms with Crippen molar-refractivity contribution in [1.82, 2.24) is 0 Å². The van der Waals surface area contributed by atoms with Gasteiger partial charge in [0.1, 0.15) is 12.2 Å². The van der Waals surface area contributed by atoms with Gasteiger partial charge in [0, 0.05) is 0 Å². The zero-order valence-corrected chi connectivity index (χ0v) is 9.80. The molecule has 0 saturated carbocycles. The predicted octanol–water partition coefficient (Wildman–Crippen LogP) is 3.26. The maximum atomic E-state index is 9.68. The van der Waals surface area contributed by atoms with Gasteiger partial charge in [-0.1, -0.05) is 35.9 Å². The molecule has 0 aliphatic heterocycles. The van der Waals surface area contributed by atoms with Crippen LogP contribution in [0.4, 0.5) is 5.69 Å². The molecular formula is C15H15NO. The zero-order valence-electron chi connectivity index (χ0n) is 9.80. The summed E-state index contributed by atoms with van der Waals surface area (Å²) in [5, 5.41) is 9.68. The number of aromatic hydroxyl groups is 1. The molecule has 0 heterocycles. The molecule has 1 N–H and O–H groups in total. The number of hydrogen-bond acceptors (Lipinski definition) is 1. The van der Waals surface area contributed by atoms with E-state index in [1.807, 2.05) is 49.9 Å². The molecule has 0 aromatic heterocycles. The van der Waals surface area contributed by atoms with Crippen LogP contribution in [-0.2, 0) is 0 Å². The van der Waals surface area contributed by atoms with Gasteiger partial charge >= 0.3 is 0 Å². The van der Waals surface area contributed by atoms with Gasteiger partial charge < -0.3 is 5.11 Å². The van der Waals surface area contributed by atoms with Crippen molar-refractivity contribution in [2.75, 3.05) is 0 Å². The van der Waals surface area contributed by atoms with Crippen molar-refractivity contribution in [3.05, 3.63) is 66.2 Å². The quantitative estimate of drug-likeness (QED) is 0.483. The van der Waals surface area contributed by atoms with Crippen LogP contribution in [0.5, 0.6) is 5.75 Å². The Hall–Kier alpha value is -2.22. The number of para-hydroxylation sites is 1. The predicted molar refractivity (Wildman–Crippen MR) is 69.7 cm³/mol. The highest BCUT2D eigenvalue weighted by molar-refractivity contribution is 5.41. The molecule has 0 bridgehead atoms. The van der Waals surface area contributed by atoms with E-state index in [1.54, 1.807) is 16.7 Å². The van der Waals surface area contributed by atoms with Crippen molar-refractivity contribution < 1.29 is 9.68 Å². The molecule has 2 aromatic carbocycles. The van der Waals surface area contributed by atoms with E-state index in [4.69, 9.17) is 0 Å². The summed E-state index contributed by atoms with van der Waals surface area (Å²) in [5.41, 5.74) is 2.93. The molecule has 86 valence electrons. The first-order valence-corrected chi connectivity index (χ1v) is 5.46. The van der Waals surface area contributed by atoms with Crippen molar-refractivity contribution in [1.29, 1.82) is 0 Å². The van der Waals surface area contributed by atoms with Gasteiger partial charge in [-0.15, -0.1) is 6.07 Å². The molecule has 0 amide bonds. The topological polar surface area (TPSA) is 23.2 Å². The van der Waals surface area contributed by atoms with Gasteiger partial charge in [-0.25, -0.2) is 0 Å². The summed E-state index contributed by atoms with van der Waals surface area (Å²) >= 11 is 0. The van der Waals surface area contributed by atoms with Gasteiger partial charge in [-0.2, -0.15) is 0 Å². The lowest BCUT2D eigenvalue weighted by Crippen LogP contribution is -2.00. The lowest BCUT2D eigenvalue weighted by Gasteiger charge is -2.09. The minimum atomic E-state index is 0.258. The molecule has 2 heteroatoms. The van der Waals surface area contributed by atoms with Crippen molar-refractivity contribution in [3.63, 3.8) is 0 Å². The Kier molecular flexibility index (Phi) is 3.15. The first-order chi connectivity index (χ1) is 8.16. The fourth-order valence-electron chi connectivity index (χ4n) is 1.65. The van der Waals surface area contributed by atoms with Gasteiger partial charge in [0.15, 0.2) is 0 Å². The summed E-state index contributed by atoms with van der Waals surface area (Å²) in [6.07, 6.45) is 0. The monoisotopic (exact) mass is 225 g/mol. The van der Waals surface area contributed by atoms with Crippen molar-refractivity contribution in [2.24, 2.45) is 0 Å². The van der Waals surface area contributed by atoms with Crippen LogP contribution in [0.25, 0.3) is 0 Å². The maximum Gasteiger partial charge on any atom is 0.148 e. The smallest absolute Gasteiger partial charge is 0.148 e. The highest BCUT2D eigenvalue weighted by Crippen LogP contribution is 2.21. The SMILES string of the molecule is C=[N+]([CH-]c1ccccc1O)c1cccc(C)c1. The molecule has 0 aliphatic carbocycles. The molecular weight excluding hydrogens is 210 g/mol. The molecule has 0 fully saturated rings. The van der Waals surface area contributed by atoms with Crippen molar-refractivity contribution in [3.8, 4) is 5.75 Å². The van der Waals surface area contributed by atoms with E-state index >= 15 is 0 Å². The molecule has 17 heavy (non-hydrogen) atoms. The fourth-order valence-corrected chi connectivity index (χ4v) is 1.65. The molecule has 2 nitrogen and oxygen atoms in total. The fraction of sp³-hybridized carbons (Fsp3) is 0.0667. The molecule has 2 aromatic rings. The minimum Gasteiger partial charge on any atom is -0.542 e. The first kappa shape index (κ1) is 11.3. The van der Waals surface area contributed by atoms with Crippen LogP contribution in [0.2, 0.25) is 0 Å². The Morgan fingerprint density at radius 3 is 2.59 bits per heavy atom. The maximum absolute atomic E-state index is 9.68. The van der Waals surface area contributed by atoms with E-state index in [0.29, 0.717) is 0 Å². The zero-order chi connectivity index (χ0) is 12.3. The van der Waals surface area contributed by atoms with E-state index in [0.717, 1.165) is 11.3 Å². The minimum absolute atomic E-state index is 0.258. The van der Waals surface area contributed by atoms with Gasteiger partial charge in [0.2, 0.25) is 0 Å². The molecule has 0 atom stereocenters. The van der Waals surface area contributed by atoms with Crippen LogP contribution in [0.1, 0.15) is 11.1 Å². The second kappa shape index (κ2) is 4.74. The summed E-state index contributed by atoms with van der Waals surface area (Å²) in [7, 11) is 0. The van der Waals surface area contributed by atoms with Crippen LogP contribution in [0.3, 0.4) is 0 Å². The first-order valence-electron chi connectivity index (χ1n) is 5.46. The summed E-state index contributed by atoms with van der Waals surface area (Å²) in [6.45, 7) is 7.80. The van der Waals surface area contributed by atoms with E-state index in [-0.39, 0.29) is 5.75 Å². The van der Waals surface area contributed by atoms with E-state index in [1.165, 1.54) is 5.56 Å². The number of benzene rings is 2. The highest BCUT2D eigenvalue weighted by atomic mass is 16.3. The third-order valence-electron chi connectivity index (χ3n) is 2.56. The lowest BCUT2D eigenvalue weighted by molar-refractivity contribution is -0.378. The molecule has 2 rings (SSSR count). The van der Waals surface area contributed by atoms with Crippen LogP contribution in [0, 0.1) is 13.5 Å². The Labute approximate surface area is 101 Å². The largest absolute Gasteiger partial charge is 0.542 e. The van der Waals surface area contributed by atoms with E-state index in [9.17, 15) is 5.11 Å². The molecule has 0 unspecified atom stereocenters. The van der Waals surface area contributed by atoms with Crippen LogP contribution in [0.15, 0.2) is 48.5 Å². The summed E-state index contributed by atoms with van der Waals surface area (Å²) in [4.78, 5) is 0. The summed E-state index contributed by atoms with van der Waals surface area (Å²) in [6, 6.07) is 15.3. The molecule has 0 aliphatic rings. The number of rotatable bonds is 3. The third kappa shape index (κ3) is 2.67. The number of hydrogen-bond donors (Lipinski definition) is 1. The van der Waals surface area contributed by atoms with Crippen LogP contribution < -0.4 is 0 Å². The van der Waals surface area contributed by atoms with E-state index in [2.05, 4.69) is 6.72 Å². The Morgan fingerprint density at radius 1 is 1.12 bits per heavy atom. The van der Waals surface area contributed by atoms with Gasteiger partial charge in [-0.05, 0) is 24.6 Å². The standard InChI is InChI=1S/C15H15NO/c1-12-6-5-8-14(10-12)16(2)11-13-7-3-4-9-15(13)17/h3-11,17H,2H2,1H3. The highest BCUT2D eigenvalue weighted by Gasteiger charge is 2.04. The third-order valence-corrected chi connectivity index (χ3v) is 2.56. The molecule has 0 saturated heterocycles. The van der Waals surface area contributed by atoms with Gasteiger partial charge in [-0.3, -0.25) is 4.58 Å². The normalized spacial score (nSPS) is 9.94. The molecule has 0 radical (unpaired) electrons. The van der Waals surface area contributed by atoms with E-state index < -0.39 is 0 Å². The van der Waals surface area contributed by atoms with Gasteiger partial charge in [0.05, 0.1) is 12.5 Å². The van der Waals surface area contributed by atoms with Crippen LogP contribution >= 0.6 is 0 Å². The number of nitrogens with zero attached hydrogens (tertiary/aromatic N) is 1. The van der Waals surface area contributed by atoms with Crippen molar-refractivity contribution >= 4 is 12.4 Å². The second-order valence-corrected chi connectivity index (χ2v) is 4.00. The Balaban J connectivity index is 2.20. The van der Waals surface area contributed by atoms with Crippen molar-refractivity contribution in [2.45, 2.75) is 6.92 Å². The summed E-state index contributed by atoms with van der Waals surface area (Å²) in [5.74, 6) is 0.258. The summed E-state index contributed by atoms with van der Waals surface area (Å²) < 4.78 is 1.75. The average Bonchev–Trinajstić information content (AvgIpc) is 2.32. The Morgan fingerprint density at radius 2 is 1.88 bits per heavy atom. The number of aryl methyl sites for hydroxylation is 1. The number of phenolic OH excluding ortho intramolecular Hbond substituents is 1. The lowest BCUT2D eigenvalue weighted by atomic mass is 10.1.